The summed E-state index contributed by atoms with van der Waals surface area (Å²) in [6, 6.07) is 4.53. The maximum Gasteiger partial charge on any atom is 0.241 e. The third-order valence-electron chi connectivity index (χ3n) is 3.85. The lowest BCUT2D eigenvalue weighted by molar-refractivity contribution is 0.294. The van der Waals surface area contributed by atoms with Gasteiger partial charge in [0, 0.05) is 5.54 Å². The minimum absolute atomic E-state index is 0.183. The van der Waals surface area contributed by atoms with Crippen LogP contribution in [-0.4, -0.2) is 21.1 Å². The fraction of sp³-hybridized carbons (Fsp3) is 0.571. The molecule has 1 aromatic rings. The molecule has 1 aliphatic rings. The number of hydrogen-bond acceptors (Lipinski definition) is 4. The molecule has 0 atom stereocenters. The molecule has 1 aromatic carbocycles. The van der Waals surface area contributed by atoms with E-state index in [4.69, 9.17) is 10.5 Å². The van der Waals surface area contributed by atoms with E-state index in [9.17, 15) is 8.42 Å². The Morgan fingerprint density at radius 2 is 1.90 bits per heavy atom. The number of ether oxygens (including phenoxy) is 1. The van der Waals surface area contributed by atoms with Gasteiger partial charge in [-0.1, -0.05) is 19.3 Å². The molecule has 0 amide bonds. The SMILES string of the molecule is COc1ccc(S(=O)(=O)NC2(C)CCCCC2)cc1N. The topological polar surface area (TPSA) is 81.4 Å². The van der Waals surface area contributed by atoms with E-state index in [1.807, 2.05) is 6.92 Å². The summed E-state index contributed by atoms with van der Waals surface area (Å²) < 4.78 is 32.8. The Hall–Kier alpha value is -1.27. The Balaban J connectivity index is 2.24. The second-order valence-electron chi connectivity index (χ2n) is 5.63. The highest BCUT2D eigenvalue weighted by molar-refractivity contribution is 7.89. The standard InChI is InChI=1S/C14H22N2O3S/c1-14(8-4-3-5-9-14)16-20(17,18)11-6-7-13(19-2)12(15)10-11/h6-7,10,16H,3-5,8-9,15H2,1-2H3. The van der Waals surface area contributed by atoms with Gasteiger partial charge in [-0.15, -0.1) is 0 Å². The van der Waals surface area contributed by atoms with Crippen LogP contribution in [0.2, 0.25) is 0 Å². The molecule has 1 saturated carbocycles. The van der Waals surface area contributed by atoms with Gasteiger partial charge in [-0.2, -0.15) is 0 Å². The van der Waals surface area contributed by atoms with Crippen LogP contribution in [0.3, 0.4) is 0 Å². The van der Waals surface area contributed by atoms with Crippen molar-refractivity contribution in [1.29, 1.82) is 0 Å². The van der Waals surface area contributed by atoms with Crippen LogP contribution in [-0.2, 0) is 10.0 Å². The number of rotatable bonds is 4. The molecule has 2 rings (SSSR count). The molecule has 0 spiro atoms. The molecule has 1 fully saturated rings. The summed E-state index contributed by atoms with van der Waals surface area (Å²) in [5.41, 5.74) is 5.75. The number of nitrogens with one attached hydrogen (secondary N) is 1. The van der Waals surface area contributed by atoms with Crippen LogP contribution in [0.4, 0.5) is 5.69 Å². The molecule has 20 heavy (non-hydrogen) atoms. The zero-order valence-corrected chi connectivity index (χ0v) is 12.8. The molecule has 5 nitrogen and oxygen atoms in total. The van der Waals surface area contributed by atoms with E-state index in [0.29, 0.717) is 11.4 Å². The van der Waals surface area contributed by atoms with Crippen LogP contribution in [0, 0.1) is 0 Å². The van der Waals surface area contributed by atoms with Gasteiger partial charge in [-0.3, -0.25) is 0 Å². The monoisotopic (exact) mass is 298 g/mol. The predicted octanol–water partition coefficient (Wildman–Crippen LogP) is 2.28. The maximum absolute atomic E-state index is 12.4. The van der Waals surface area contributed by atoms with Crippen molar-refractivity contribution in [3.05, 3.63) is 18.2 Å². The Kier molecular flexibility index (Phi) is 4.25. The van der Waals surface area contributed by atoms with Gasteiger partial charge in [-0.25, -0.2) is 13.1 Å². The minimum Gasteiger partial charge on any atom is -0.495 e. The summed E-state index contributed by atoms with van der Waals surface area (Å²) in [4.78, 5) is 0.183. The van der Waals surface area contributed by atoms with E-state index >= 15 is 0 Å². The van der Waals surface area contributed by atoms with E-state index in [2.05, 4.69) is 4.72 Å². The lowest BCUT2D eigenvalue weighted by atomic mass is 9.84. The van der Waals surface area contributed by atoms with Gasteiger partial charge < -0.3 is 10.5 Å². The molecule has 0 heterocycles. The number of nitrogens with two attached hydrogens (primary N) is 1. The van der Waals surface area contributed by atoms with Crippen LogP contribution < -0.4 is 15.2 Å². The van der Waals surface area contributed by atoms with Gasteiger partial charge in [0.2, 0.25) is 10.0 Å². The van der Waals surface area contributed by atoms with Gasteiger partial charge in [0.05, 0.1) is 17.7 Å². The number of benzene rings is 1. The van der Waals surface area contributed by atoms with Gasteiger partial charge in [-0.05, 0) is 38.0 Å². The normalized spacial score (nSPS) is 18.7. The van der Waals surface area contributed by atoms with Crippen LogP contribution >= 0.6 is 0 Å². The molecule has 112 valence electrons. The molecule has 0 saturated heterocycles. The number of nitrogen functional groups attached to an aromatic ring is 1. The lowest BCUT2D eigenvalue weighted by Gasteiger charge is -2.34. The third-order valence-corrected chi connectivity index (χ3v) is 5.49. The van der Waals surface area contributed by atoms with Crippen LogP contribution in [0.5, 0.6) is 5.75 Å². The number of sulfonamides is 1. The maximum atomic E-state index is 12.4. The Labute approximate surface area is 120 Å². The smallest absolute Gasteiger partial charge is 0.241 e. The molecule has 0 aromatic heterocycles. The van der Waals surface area contributed by atoms with Crippen LogP contribution in [0.25, 0.3) is 0 Å². The third kappa shape index (κ3) is 3.24. The largest absolute Gasteiger partial charge is 0.495 e. The van der Waals surface area contributed by atoms with Gasteiger partial charge in [0.15, 0.2) is 0 Å². The van der Waals surface area contributed by atoms with Crippen molar-refractivity contribution in [3.8, 4) is 5.75 Å². The zero-order valence-electron chi connectivity index (χ0n) is 12.0. The Morgan fingerprint density at radius 3 is 2.45 bits per heavy atom. The molecular weight excluding hydrogens is 276 g/mol. The molecule has 0 unspecified atom stereocenters. The second kappa shape index (κ2) is 5.61. The summed E-state index contributed by atoms with van der Waals surface area (Å²) in [7, 11) is -2.05. The van der Waals surface area contributed by atoms with Gasteiger partial charge in [0.25, 0.3) is 0 Å². The van der Waals surface area contributed by atoms with E-state index < -0.39 is 10.0 Å². The number of methoxy groups -OCH3 is 1. The fourth-order valence-corrected chi connectivity index (χ4v) is 4.20. The number of hydrogen-bond donors (Lipinski definition) is 2. The van der Waals surface area contributed by atoms with Crippen molar-refractivity contribution in [3.63, 3.8) is 0 Å². The summed E-state index contributed by atoms with van der Waals surface area (Å²) >= 11 is 0. The zero-order chi connectivity index (χ0) is 14.8. The fourth-order valence-electron chi connectivity index (χ4n) is 2.70. The minimum atomic E-state index is -3.55. The van der Waals surface area contributed by atoms with Crippen LogP contribution in [0.15, 0.2) is 23.1 Å². The van der Waals surface area contributed by atoms with E-state index in [1.165, 1.54) is 25.7 Å². The lowest BCUT2D eigenvalue weighted by Crippen LogP contribution is -2.47. The van der Waals surface area contributed by atoms with Crippen molar-refractivity contribution in [1.82, 2.24) is 4.72 Å². The Bertz CT molecular complexity index is 578. The summed E-state index contributed by atoms with van der Waals surface area (Å²) in [5, 5.41) is 0. The highest BCUT2D eigenvalue weighted by Crippen LogP contribution is 2.30. The summed E-state index contributed by atoms with van der Waals surface area (Å²) in [5.74, 6) is 0.479. The van der Waals surface area contributed by atoms with Crippen molar-refractivity contribution in [2.45, 2.75) is 49.5 Å². The summed E-state index contributed by atoms with van der Waals surface area (Å²) in [6.07, 6.45) is 5.04. The van der Waals surface area contributed by atoms with Crippen molar-refractivity contribution >= 4 is 15.7 Å². The van der Waals surface area contributed by atoms with Crippen LogP contribution in [0.1, 0.15) is 39.0 Å². The van der Waals surface area contributed by atoms with E-state index in [-0.39, 0.29) is 10.4 Å². The van der Waals surface area contributed by atoms with E-state index in [0.717, 1.165) is 25.7 Å². The molecule has 0 aliphatic heterocycles. The van der Waals surface area contributed by atoms with Crippen molar-refractivity contribution < 1.29 is 13.2 Å². The molecular formula is C14H22N2O3S. The average molecular weight is 298 g/mol. The molecule has 6 heteroatoms. The highest BCUT2D eigenvalue weighted by atomic mass is 32.2. The second-order valence-corrected chi connectivity index (χ2v) is 7.31. The number of anilines is 1. The Morgan fingerprint density at radius 1 is 1.25 bits per heavy atom. The quantitative estimate of drug-likeness (QED) is 0.836. The van der Waals surface area contributed by atoms with Crippen molar-refractivity contribution in [2.24, 2.45) is 0 Å². The molecule has 0 bridgehead atoms. The highest BCUT2D eigenvalue weighted by Gasteiger charge is 2.32. The first-order valence-electron chi connectivity index (χ1n) is 6.84. The first-order chi connectivity index (χ1) is 9.36. The first kappa shape index (κ1) is 15.1. The predicted molar refractivity (Wildman–Crippen MR) is 79.2 cm³/mol. The molecule has 1 aliphatic carbocycles. The van der Waals surface area contributed by atoms with Crippen molar-refractivity contribution in [2.75, 3.05) is 12.8 Å². The molecule has 3 N–H and O–H groups in total. The van der Waals surface area contributed by atoms with Gasteiger partial charge >= 0.3 is 0 Å². The van der Waals surface area contributed by atoms with E-state index in [1.54, 1.807) is 6.07 Å². The summed E-state index contributed by atoms with van der Waals surface area (Å²) in [6.45, 7) is 1.97. The van der Waals surface area contributed by atoms with Gasteiger partial charge in [0.1, 0.15) is 5.75 Å². The average Bonchev–Trinajstić information content (AvgIpc) is 2.38. The first-order valence-corrected chi connectivity index (χ1v) is 8.32. The molecule has 0 radical (unpaired) electrons.